The fourth-order valence-corrected chi connectivity index (χ4v) is 3.63. The van der Waals surface area contributed by atoms with Crippen LogP contribution in [0.25, 0.3) is 0 Å². The van der Waals surface area contributed by atoms with Crippen LogP contribution in [0.2, 0.25) is 0 Å². The van der Waals surface area contributed by atoms with Gasteiger partial charge in [0.05, 0.1) is 12.2 Å². The van der Waals surface area contributed by atoms with Crippen molar-refractivity contribution in [2.75, 3.05) is 18.4 Å². The van der Waals surface area contributed by atoms with Crippen LogP contribution in [0.1, 0.15) is 56.6 Å². The van der Waals surface area contributed by atoms with Crippen LogP contribution in [0.15, 0.2) is 30.5 Å². The second-order valence-electron chi connectivity index (χ2n) is 8.41. The molecule has 1 aliphatic heterocycles. The minimum absolute atomic E-state index is 0.00199. The molecule has 0 bridgehead atoms. The minimum Gasteiger partial charge on any atom is -0.491 e. The number of carboxylic acids is 1. The zero-order valence-electron chi connectivity index (χ0n) is 18.7. The molecule has 0 radical (unpaired) electrons. The highest BCUT2D eigenvalue weighted by molar-refractivity contribution is 5.85. The molecule has 1 aromatic carbocycles. The number of hydrogen-bond donors (Lipinski definition) is 2. The highest BCUT2D eigenvalue weighted by atomic mass is 16.5. The second kappa shape index (κ2) is 10.4. The Morgan fingerprint density at radius 3 is 2.29 bits per heavy atom. The van der Waals surface area contributed by atoms with Crippen LogP contribution in [0, 0.1) is 0 Å². The van der Waals surface area contributed by atoms with Crippen molar-refractivity contribution in [3.05, 3.63) is 41.7 Å². The SMILES string of the molecule is CC(C)Oc1cc(CN2CCC(Nc3nccc(C(=O)O)n3)CC2)cc(OC(C)C)c1. The molecule has 8 nitrogen and oxygen atoms in total. The Morgan fingerprint density at radius 2 is 1.74 bits per heavy atom. The van der Waals surface area contributed by atoms with Gasteiger partial charge in [0.1, 0.15) is 11.5 Å². The minimum atomic E-state index is -1.05. The van der Waals surface area contributed by atoms with E-state index < -0.39 is 5.97 Å². The fraction of sp³-hybridized carbons (Fsp3) is 0.522. The van der Waals surface area contributed by atoms with Gasteiger partial charge in [0, 0.05) is 37.9 Å². The molecule has 2 aromatic rings. The van der Waals surface area contributed by atoms with E-state index in [9.17, 15) is 4.79 Å². The summed E-state index contributed by atoms with van der Waals surface area (Å²) in [6, 6.07) is 7.73. The number of rotatable bonds is 9. The number of piperidine rings is 1. The van der Waals surface area contributed by atoms with Crippen LogP contribution in [0.5, 0.6) is 11.5 Å². The van der Waals surface area contributed by atoms with Gasteiger partial charge in [-0.25, -0.2) is 14.8 Å². The molecular formula is C23H32N4O4. The van der Waals surface area contributed by atoms with E-state index in [2.05, 4.69) is 32.3 Å². The molecule has 0 amide bonds. The number of benzene rings is 1. The molecule has 168 valence electrons. The summed E-state index contributed by atoms with van der Waals surface area (Å²) < 4.78 is 11.8. The Bertz CT molecular complexity index is 851. The van der Waals surface area contributed by atoms with E-state index in [0.717, 1.165) is 49.5 Å². The Kier molecular flexibility index (Phi) is 7.68. The number of ether oxygens (including phenoxy) is 2. The van der Waals surface area contributed by atoms with Crippen LogP contribution >= 0.6 is 0 Å². The largest absolute Gasteiger partial charge is 0.491 e. The van der Waals surface area contributed by atoms with Crippen LogP contribution in [-0.4, -0.2) is 57.3 Å². The predicted molar refractivity (Wildman–Crippen MR) is 119 cm³/mol. The maximum atomic E-state index is 11.1. The van der Waals surface area contributed by atoms with E-state index in [1.165, 1.54) is 12.3 Å². The highest BCUT2D eigenvalue weighted by Crippen LogP contribution is 2.26. The molecule has 1 aliphatic rings. The first-order chi connectivity index (χ1) is 14.8. The Morgan fingerprint density at radius 1 is 1.13 bits per heavy atom. The third-order valence-corrected chi connectivity index (χ3v) is 4.89. The van der Waals surface area contributed by atoms with E-state index in [1.807, 2.05) is 33.8 Å². The van der Waals surface area contributed by atoms with Crippen molar-refractivity contribution in [2.45, 2.75) is 65.3 Å². The van der Waals surface area contributed by atoms with Gasteiger partial charge in [0.25, 0.3) is 0 Å². The van der Waals surface area contributed by atoms with Crippen molar-refractivity contribution < 1.29 is 19.4 Å². The van der Waals surface area contributed by atoms with Crippen molar-refractivity contribution in [3.63, 3.8) is 0 Å². The third-order valence-electron chi connectivity index (χ3n) is 4.89. The normalized spacial score (nSPS) is 15.3. The molecule has 8 heteroatoms. The van der Waals surface area contributed by atoms with Gasteiger partial charge in [-0.15, -0.1) is 0 Å². The number of nitrogens with zero attached hydrogens (tertiary/aromatic N) is 3. The zero-order valence-corrected chi connectivity index (χ0v) is 18.7. The molecule has 0 aliphatic carbocycles. The zero-order chi connectivity index (χ0) is 22.4. The molecule has 1 fully saturated rings. The molecule has 3 rings (SSSR count). The van der Waals surface area contributed by atoms with Crippen molar-refractivity contribution in [2.24, 2.45) is 0 Å². The Balaban J connectivity index is 1.58. The molecule has 0 unspecified atom stereocenters. The lowest BCUT2D eigenvalue weighted by molar-refractivity contribution is 0.0690. The summed E-state index contributed by atoms with van der Waals surface area (Å²) in [5, 5.41) is 12.4. The lowest BCUT2D eigenvalue weighted by atomic mass is 10.0. The molecule has 0 spiro atoms. The van der Waals surface area contributed by atoms with Crippen LogP contribution in [0.4, 0.5) is 5.95 Å². The second-order valence-corrected chi connectivity index (χ2v) is 8.41. The standard InChI is InChI=1S/C23H32N4O4/c1-15(2)30-19-11-17(12-20(13-19)31-16(3)4)14-27-9-6-18(7-10-27)25-23-24-8-5-21(26-23)22(28)29/h5,8,11-13,15-16,18H,6-7,9-10,14H2,1-4H3,(H,28,29)(H,24,25,26). The summed E-state index contributed by atoms with van der Waals surface area (Å²) in [6.45, 7) is 10.7. The maximum absolute atomic E-state index is 11.1. The van der Waals surface area contributed by atoms with Gasteiger partial charge in [-0.3, -0.25) is 4.90 Å². The van der Waals surface area contributed by atoms with Crippen LogP contribution in [-0.2, 0) is 6.54 Å². The highest BCUT2D eigenvalue weighted by Gasteiger charge is 2.21. The van der Waals surface area contributed by atoms with E-state index in [4.69, 9.17) is 14.6 Å². The first kappa shape index (κ1) is 22.8. The monoisotopic (exact) mass is 428 g/mol. The Labute approximate surface area is 183 Å². The van der Waals surface area contributed by atoms with Crippen LogP contribution < -0.4 is 14.8 Å². The fourth-order valence-electron chi connectivity index (χ4n) is 3.63. The number of hydrogen-bond acceptors (Lipinski definition) is 7. The smallest absolute Gasteiger partial charge is 0.354 e. The van der Waals surface area contributed by atoms with Gasteiger partial charge in [-0.05, 0) is 64.3 Å². The Hall–Kier alpha value is -2.87. The maximum Gasteiger partial charge on any atom is 0.354 e. The summed E-state index contributed by atoms with van der Waals surface area (Å²) >= 11 is 0. The van der Waals surface area contributed by atoms with Crippen molar-refractivity contribution in [1.29, 1.82) is 0 Å². The van der Waals surface area contributed by atoms with Gasteiger partial charge in [-0.2, -0.15) is 0 Å². The van der Waals surface area contributed by atoms with Crippen molar-refractivity contribution in [1.82, 2.24) is 14.9 Å². The van der Waals surface area contributed by atoms with E-state index in [0.29, 0.717) is 5.95 Å². The molecule has 1 saturated heterocycles. The lowest BCUT2D eigenvalue weighted by Crippen LogP contribution is -2.39. The quantitative estimate of drug-likeness (QED) is 0.622. The number of nitrogens with one attached hydrogen (secondary N) is 1. The molecular weight excluding hydrogens is 396 g/mol. The van der Waals surface area contributed by atoms with Gasteiger partial charge >= 0.3 is 5.97 Å². The number of carbonyl (C=O) groups is 1. The van der Waals surface area contributed by atoms with E-state index >= 15 is 0 Å². The molecule has 1 aromatic heterocycles. The first-order valence-electron chi connectivity index (χ1n) is 10.8. The average Bonchev–Trinajstić information content (AvgIpc) is 2.68. The number of likely N-dealkylation sites (tertiary alicyclic amines) is 1. The van der Waals surface area contributed by atoms with E-state index in [1.54, 1.807) is 0 Å². The van der Waals surface area contributed by atoms with Crippen molar-refractivity contribution in [3.8, 4) is 11.5 Å². The summed E-state index contributed by atoms with van der Waals surface area (Å²) in [4.78, 5) is 21.7. The first-order valence-corrected chi connectivity index (χ1v) is 10.8. The lowest BCUT2D eigenvalue weighted by Gasteiger charge is -2.32. The van der Waals surface area contributed by atoms with E-state index in [-0.39, 0.29) is 23.9 Å². The number of aromatic nitrogens is 2. The van der Waals surface area contributed by atoms with Gasteiger partial charge in [0.2, 0.25) is 5.95 Å². The summed E-state index contributed by atoms with van der Waals surface area (Å²) in [6.07, 6.45) is 3.53. The molecule has 2 N–H and O–H groups in total. The number of anilines is 1. The predicted octanol–water partition coefficient (Wildman–Crippen LogP) is 3.83. The van der Waals surface area contributed by atoms with Crippen molar-refractivity contribution >= 4 is 11.9 Å². The van der Waals surface area contributed by atoms with Crippen LogP contribution in [0.3, 0.4) is 0 Å². The van der Waals surface area contributed by atoms with Gasteiger partial charge < -0.3 is 19.9 Å². The van der Waals surface area contributed by atoms with Gasteiger partial charge in [-0.1, -0.05) is 0 Å². The number of carboxylic acid groups (broad SMARTS) is 1. The topological polar surface area (TPSA) is 96.8 Å². The third kappa shape index (κ3) is 7.10. The van der Waals surface area contributed by atoms with Gasteiger partial charge in [0.15, 0.2) is 5.69 Å². The summed E-state index contributed by atoms with van der Waals surface area (Å²) in [5.41, 5.74) is 1.16. The number of aromatic carboxylic acids is 1. The summed E-state index contributed by atoms with van der Waals surface area (Å²) in [7, 11) is 0. The molecule has 2 heterocycles. The molecule has 31 heavy (non-hydrogen) atoms. The average molecular weight is 429 g/mol. The summed E-state index contributed by atoms with van der Waals surface area (Å²) in [5.74, 6) is 0.974. The molecule has 0 atom stereocenters. The molecule has 0 saturated carbocycles.